The van der Waals surface area contributed by atoms with Gasteiger partial charge >= 0.3 is 5.97 Å². The lowest BCUT2D eigenvalue weighted by Gasteiger charge is -2.11. The summed E-state index contributed by atoms with van der Waals surface area (Å²) in [4.78, 5) is 23.9. The van der Waals surface area contributed by atoms with Crippen molar-refractivity contribution in [2.24, 2.45) is 0 Å². The first kappa shape index (κ1) is 14.3. The Balaban J connectivity index is 2.71. The minimum Gasteiger partial charge on any atom is -0.493 e. The molecule has 2 rings (SSSR count). The second-order valence-electron chi connectivity index (χ2n) is 4.10. The van der Waals surface area contributed by atoms with Gasteiger partial charge in [-0.25, -0.2) is 9.36 Å². The maximum absolute atomic E-state index is 12.1. The molecule has 21 heavy (non-hydrogen) atoms. The van der Waals surface area contributed by atoms with Gasteiger partial charge in [0.15, 0.2) is 0 Å². The van der Waals surface area contributed by atoms with Crippen LogP contribution in [0.3, 0.4) is 0 Å². The molecule has 0 aliphatic carbocycles. The van der Waals surface area contributed by atoms with Gasteiger partial charge in [-0.3, -0.25) is 4.79 Å². The molecule has 1 aromatic heterocycles. The Hall–Kier alpha value is -3.07. The Morgan fingerprint density at radius 3 is 2.62 bits per heavy atom. The number of rotatable bonds is 3. The average molecular weight is 284 g/mol. The van der Waals surface area contributed by atoms with Crippen molar-refractivity contribution < 1.29 is 14.6 Å². The monoisotopic (exact) mass is 284 g/mol. The van der Waals surface area contributed by atoms with Crippen molar-refractivity contribution in [3.8, 4) is 17.6 Å². The highest BCUT2D eigenvalue weighted by Crippen LogP contribution is 2.22. The van der Waals surface area contributed by atoms with E-state index in [1.165, 1.54) is 0 Å². The third-order valence-electron chi connectivity index (χ3n) is 2.81. The fourth-order valence-corrected chi connectivity index (χ4v) is 1.90. The number of nitriles is 1. The van der Waals surface area contributed by atoms with Crippen molar-refractivity contribution in [1.82, 2.24) is 4.57 Å². The van der Waals surface area contributed by atoms with Crippen molar-refractivity contribution in [3.05, 3.63) is 57.9 Å². The van der Waals surface area contributed by atoms with Crippen LogP contribution in [0, 0.1) is 11.3 Å². The number of hydrogen-bond donors (Lipinski definition) is 1. The van der Waals surface area contributed by atoms with Crippen LogP contribution < -0.4 is 5.56 Å². The normalized spacial score (nSPS) is 9.90. The summed E-state index contributed by atoms with van der Waals surface area (Å²) in [5.74, 6) is -1.40. The highest BCUT2D eigenvalue weighted by molar-refractivity contribution is 5.92. The molecule has 0 amide bonds. The number of nitrogens with zero attached hydrogens (tertiary/aromatic N) is 2. The van der Waals surface area contributed by atoms with Gasteiger partial charge in [-0.1, -0.05) is 18.2 Å². The predicted molar refractivity (Wildman–Crippen MR) is 74.4 cm³/mol. The van der Waals surface area contributed by atoms with Gasteiger partial charge in [0.2, 0.25) is 5.88 Å². The predicted octanol–water partition coefficient (Wildman–Crippen LogP) is 1.59. The molecule has 0 aliphatic rings. The molecular weight excluding hydrogens is 272 g/mol. The lowest BCUT2D eigenvalue weighted by molar-refractivity contribution is 0.0525. The first-order valence-electron chi connectivity index (χ1n) is 6.21. The first-order chi connectivity index (χ1) is 10.1. The number of benzene rings is 1. The Labute approximate surface area is 120 Å². The summed E-state index contributed by atoms with van der Waals surface area (Å²) in [5, 5.41) is 19.3. The van der Waals surface area contributed by atoms with E-state index < -0.39 is 17.4 Å². The summed E-state index contributed by atoms with van der Waals surface area (Å²) in [5.41, 5.74) is -0.765. The summed E-state index contributed by atoms with van der Waals surface area (Å²) in [6.45, 7) is 1.71. The van der Waals surface area contributed by atoms with E-state index in [1.807, 2.05) is 0 Å². The fourth-order valence-electron chi connectivity index (χ4n) is 1.90. The van der Waals surface area contributed by atoms with Gasteiger partial charge < -0.3 is 9.84 Å². The van der Waals surface area contributed by atoms with Crippen LogP contribution in [0.1, 0.15) is 22.8 Å². The number of aromatic nitrogens is 1. The third-order valence-corrected chi connectivity index (χ3v) is 2.81. The number of aromatic hydroxyl groups is 1. The van der Waals surface area contributed by atoms with E-state index in [2.05, 4.69) is 0 Å². The quantitative estimate of drug-likeness (QED) is 0.864. The van der Waals surface area contributed by atoms with Gasteiger partial charge in [0.1, 0.15) is 11.6 Å². The Bertz CT molecular complexity index is 773. The molecule has 0 saturated carbocycles. The van der Waals surface area contributed by atoms with E-state index in [1.54, 1.807) is 43.3 Å². The lowest BCUT2D eigenvalue weighted by Crippen LogP contribution is -2.22. The van der Waals surface area contributed by atoms with E-state index in [4.69, 9.17) is 10.00 Å². The molecule has 0 radical (unpaired) electrons. The number of ether oxygens (including phenoxy) is 1. The average Bonchev–Trinajstić information content (AvgIpc) is 2.48. The van der Waals surface area contributed by atoms with E-state index in [0.717, 1.165) is 10.6 Å². The zero-order valence-electron chi connectivity index (χ0n) is 11.2. The molecular formula is C15H12N2O4. The molecule has 0 saturated heterocycles. The zero-order chi connectivity index (χ0) is 15.4. The molecule has 0 bridgehead atoms. The van der Waals surface area contributed by atoms with Crippen LogP contribution in [0.2, 0.25) is 0 Å². The van der Waals surface area contributed by atoms with Crippen LogP contribution in [0.25, 0.3) is 5.69 Å². The van der Waals surface area contributed by atoms with Gasteiger partial charge in [-0.2, -0.15) is 5.26 Å². The van der Waals surface area contributed by atoms with Crippen molar-refractivity contribution >= 4 is 5.97 Å². The van der Waals surface area contributed by atoms with Crippen LogP contribution in [-0.2, 0) is 4.74 Å². The molecule has 0 fully saturated rings. The summed E-state index contributed by atoms with van der Waals surface area (Å²) in [7, 11) is 0. The molecule has 0 aliphatic heterocycles. The van der Waals surface area contributed by atoms with E-state index in [0.29, 0.717) is 5.69 Å². The van der Waals surface area contributed by atoms with Crippen LogP contribution in [0.15, 0.2) is 41.2 Å². The minimum atomic E-state index is -0.818. The number of pyridine rings is 1. The Morgan fingerprint density at radius 1 is 1.38 bits per heavy atom. The van der Waals surface area contributed by atoms with Gasteiger partial charge in [0.25, 0.3) is 5.56 Å². The molecule has 6 heteroatoms. The fraction of sp³-hybridized carbons (Fsp3) is 0.133. The number of carbonyl (C=O) groups is 1. The molecule has 0 unspecified atom stereocenters. The smallest absolute Gasteiger partial charge is 0.339 e. The van der Waals surface area contributed by atoms with Crippen molar-refractivity contribution in [2.45, 2.75) is 6.92 Å². The minimum absolute atomic E-state index is 0.103. The topological polar surface area (TPSA) is 92.3 Å². The largest absolute Gasteiger partial charge is 0.493 e. The van der Waals surface area contributed by atoms with Gasteiger partial charge in [0, 0.05) is 6.07 Å². The molecule has 2 aromatic rings. The molecule has 6 nitrogen and oxygen atoms in total. The molecule has 1 heterocycles. The van der Waals surface area contributed by atoms with Crippen molar-refractivity contribution in [3.63, 3.8) is 0 Å². The second kappa shape index (κ2) is 5.92. The highest BCUT2D eigenvalue weighted by atomic mass is 16.5. The maximum Gasteiger partial charge on any atom is 0.339 e. The third kappa shape index (κ3) is 2.62. The molecule has 1 N–H and O–H groups in total. The number of carbonyl (C=O) groups excluding carboxylic acids is 1. The summed E-state index contributed by atoms with van der Waals surface area (Å²) in [6, 6.07) is 11.1. The molecule has 0 spiro atoms. The van der Waals surface area contributed by atoms with Crippen LogP contribution >= 0.6 is 0 Å². The van der Waals surface area contributed by atoms with Crippen LogP contribution in [0.5, 0.6) is 5.88 Å². The van der Waals surface area contributed by atoms with Crippen LogP contribution in [-0.4, -0.2) is 22.2 Å². The number of esters is 1. The summed E-state index contributed by atoms with van der Waals surface area (Å²) in [6.07, 6.45) is 0. The van der Waals surface area contributed by atoms with Gasteiger partial charge in [-0.05, 0) is 19.1 Å². The molecule has 106 valence electrons. The lowest BCUT2D eigenvalue weighted by atomic mass is 10.1. The summed E-state index contributed by atoms with van der Waals surface area (Å²) >= 11 is 0. The van der Waals surface area contributed by atoms with E-state index in [-0.39, 0.29) is 17.7 Å². The van der Waals surface area contributed by atoms with Crippen molar-refractivity contribution in [2.75, 3.05) is 6.61 Å². The Kier molecular flexibility index (Phi) is 4.05. The first-order valence-corrected chi connectivity index (χ1v) is 6.21. The molecule has 0 atom stereocenters. The SMILES string of the molecule is CCOC(=O)c1cc(=O)n(-c2ccccc2)c(O)c1C#N. The Morgan fingerprint density at radius 2 is 2.05 bits per heavy atom. The van der Waals surface area contributed by atoms with Crippen molar-refractivity contribution in [1.29, 1.82) is 5.26 Å². The van der Waals surface area contributed by atoms with E-state index >= 15 is 0 Å². The number of para-hydroxylation sites is 1. The number of hydrogen-bond acceptors (Lipinski definition) is 5. The standard InChI is InChI=1S/C15H12N2O4/c1-2-21-15(20)11-8-13(18)17(14(19)12(11)9-16)10-6-4-3-5-7-10/h3-8,19H,2H2,1H3. The maximum atomic E-state index is 12.1. The van der Waals surface area contributed by atoms with Crippen LogP contribution in [0.4, 0.5) is 0 Å². The zero-order valence-corrected chi connectivity index (χ0v) is 11.2. The highest BCUT2D eigenvalue weighted by Gasteiger charge is 2.21. The van der Waals surface area contributed by atoms with Gasteiger partial charge in [0.05, 0.1) is 17.9 Å². The van der Waals surface area contributed by atoms with E-state index in [9.17, 15) is 14.7 Å². The molecule has 1 aromatic carbocycles. The second-order valence-corrected chi connectivity index (χ2v) is 4.10. The summed E-state index contributed by atoms with van der Waals surface area (Å²) < 4.78 is 5.74. The van der Waals surface area contributed by atoms with Gasteiger partial charge in [-0.15, -0.1) is 0 Å².